The number of hydrogen-bond acceptors (Lipinski definition) is 2. The third-order valence-electron chi connectivity index (χ3n) is 2.61. The number of hydrogen-bond donors (Lipinski definition) is 1. The summed E-state index contributed by atoms with van der Waals surface area (Å²) < 4.78 is 51.7. The second-order valence-electron chi connectivity index (χ2n) is 4.05. The van der Waals surface area contributed by atoms with E-state index in [9.17, 15) is 17.6 Å². The quantitative estimate of drug-likeness (QED) is 0.484. The Bertz CT molecular complexity index is 648. The summed E-state index contributed by atoms with van der Waals surface area (Å²) in [6.07, 6.45) is -3.47. The van der Waals surface area contributed by atoms with Crippen LogP contribution in [0.5, 0.6) is 0 Å². The van der Waals surface area contributed by atoms with Gasteiger partial charge in [0.25, 0.3) is 0 Å². The van der Waals surface area contributed by atoms with Crippen molar-refractivity contribution in [2.45, 2.75) is 6.18 Å². The van der Waals surface area contributed by atoms with E-state index in [0.717, 1.165) is 12.3 Å². The fraction of sp³-hybridized carbons (Fsp3) is 0.0714. The molecule has 0 atom stereocenters. The molecule has 0 aliphatic carbocycles. The molecular weight excluding hydrogens is 308 g/mol. The molecule has 0 aliphatic heterocycles. The molecule has 0 amide bonds. The number of benzene rings is 2. The van der Waals surface area contributed by atoms with Crippen molar-refractivity contribution in [2.75, 3.05) is 5.43 Å². The van der Waals surface area contributed by atoms with Gasteiger partial charge in [-0.25, -0.2) is 4.39 Å². The molecule has 110 valence electrons. The number of alkyl halides is 3. The maximum absolute atomic E-state index is 13.5. The molecule has 0 saturated heterocycles. The maximum Gasteiger partial charge on any atom is 0.418 e. The van der Waals surface area contributed by atoms with Crippen molar-refractivity contribution in [3.05, 3.63) is 64.4 Å². The van der Waals surface area contributed by atoms with Gasteiger partial charge in [0.1, 0.15) is 5.82 Å². The van der Waals surface area contributed by atoms with Crippen LogP contribution in [0.4, 0.5) is 23.2 Å². The molecule has 0 radical (unpaired) electrons. The second kappa shape index (κ2) is 6.13. The SMILES string of the molecule is Fc1cccc(Cl)c1/C=N\Nc1ccccc1C(F)(F)F. The van der Waals surface area contributed by atoms with Crippen LogP contribution >= 0.6 is 11.6 Å². The van der Waals surface area contributed by atoms with Crippen LogP contribution in [0.25, 0.3) is 0 Å². The molecule has 0 bridgehead atoms. The maximum atomic E-state index is 13.5. The van der Waals surface area contributed by atoms with Gasteiger partial charge >= 0.3 is 6.18 Å². The third-order valence-corrected chi connectivity index (χ3v) is 2.94. The first-order valence-corrected chi connectivity index (χ1v) is 6.16. The number of anilines is 1. The lowest BCUT2D eigenvalue weighted by molar-refractivity contribution is -0.136. The fourth-order valence-corrected chi connectivity index (χ4v) is 1.84. The van der Waals surface area contributed by atoms with Crippen molar-refractivity contribution in [1.82, 2.24) is 0 Å². The molecule has 0 aromatic heterocycles. The first kappa shape index (κ1) is 15.3. The highest BCUT2D eigenvalue weighted by molar-refractivity contribution is 6.33. The van der Waals surface area contributed by atoms with Crippen LogP contribution in [0, 0.1) is 5.82 Å². The van der Waals surface area contributed by atoms with E-state index in [1.807, 2.05) is 0 Å². The average molecular weight is 317 g/mol. The van der Waals surface area contributed by atoms with E-state index in [1.54, 1.807) is 0 Å². The molecule has 2 aromatic carbocycles. The van der Waals surface area contributed by atoms with E-state index >= 15 is 0 Å². The molecule has 0 aliphatic rings. The second-order valence-corrected chi connectivity index (χ2v) is 4.46. The van der Waals surface area contributed by atoms with Gasteiger partial charge in [0.15, 0.2) is 0 Å². The van der Waals surface area contributed by atoms with Crippen LogP contribution in [0.15, 0.2) is 47.6 Å². The molecule has 0 spiro atoms. The van der Waals surface area contributed by atoms with Crippen LogP contribution in [0.3, 0.4) is 0 Å². The van der Waals surface area contributed by atoms with E-state index < -0.39 is 17.6 Å². The van der Waals surface area contributed by atoms with Gasteiger partial charge < -0.3 is 0 Å². The minimum absolute atomic E-state index is 0.00356. The third kappa shape index (κ3) is 3.72. The van der Waals surface area contributed by atoms with Crippen LogP contribution in [-0.4, -0.2) is 6.21 Å². The van der Waals surface area contributed by atoms with Gasteiger partial charge in [-0.1, -0.05) is 29.8 Å². The van der Waals surface area contributed by atoms with E-state index in [1.165, 1.54) is 36.4 Å². The van der Waals surface area contributed by atoms with E-state index in [-0.39, 0.29) is 16.3 Å². The molecule has 21 heavy (non-hydrogen) atoms. The highest BCUT2D eigenvalue weighted by Crippen LogP contribution is 2.34. The topological polar surface area (TPSA) is 24.4 Å². The van der Waals surface area contributed by atoms with Crippen LogP contribution in [0.2, 0.25) is 5.02 Å². The van der Waals surface area contributed by atoms with Gasteiger partial charge in [0.05, 0.1) is 22.5 Å². The highest BCUT2D eigenvalue weighted by Gasteiger charge is 2.33. The Morgan fingerprint density at radius 1 is 1.05 bits per heavy atom. The Morgan fingerprint density at radius 2 is 1.76 bits per heavy atom. The Labute approximate surface area is 123 Å². The number of halogens is 5. The fourth-order valence-electron chi connectivity index (χ4n) is 1.63. The molecular formula is C14H9ClF4N2. The first-order chi connectivity index (χ1) is 9.89. The Balaban J connectivity index is 2.23. The summed E-state index contributed by atoms with van der Waals surface area (Å²) in [7, 11) is 0. The Kier molecular flexibility index (Phi) is 4.47. The van der Waals surface area contributed by atoms with Gasteiger partial charge in [-0.3, -0.25) is 5.43 Å². The Hall–Kier alpha value is -2.08. The van der Waals surface area contributed by atoms with Crippen molar-refractivity contribution in [3.8, 4) is 0 Å². The lowest BCUT2D eigenvalue weighted by atomic mass is 10.2. The summed E-state index contributed by atoms with van der Waals surface area (Å²) in [6, 6.07) is 8.90. The predicted molar refractivity (Wildman–Crippen MR) is 74.1 cm³/mol. The molecule has 2 rings (SSSR count). The van der Waals surface area contributed by atoms with Gasteiger partial charge in [0.2, 0.25) is 0 Å². The number of hydrazone groups is 1. The standard InChI is InChI=1S/C14H9ClF4N2/c15-11-5-3-6-12(16)9(11)8-20-21-13-7-2-1-4-10(13)14(17,18)19/h1-8,21H/b20-8-. The minimum Gasteiger partial charge on any atom is -0.278 e. The van der Waals surface area contributed by atoms with E-state index in [2.05, 4.69) is 10.5 Å². The summed E-state index contributed by atoms with van der Waals surface area (Å²) >= 11 is 5.78. The number of para-hydroxylation sites is 1. The van der Waals surface area contributed by atoms with Gasteiger partial charge in [0, 0.05) is 5.56 Å². The van der Waals surface area contributed by atoms with Crippen LogP contribution in [0.1, 0.15) is 11.1 Å². The monoisotopic (exact) mass is 316 g/mol. The van der Waals surface area contributed by atoms with Crippen molar-refractivity contribution in [1.29, 1.82) is 0 Å². The molecule has 2 nitrogen and oxygen atoms in total. The zero-order chi connectivity index (χ0) is 15.5. The summed E-state index contributed by atoms with van der Waals surface area (Å²) in [5.41, 5.74) is 1.16. The largest absolute Gasteiger partial charge is 0.418 e. The van der Waals surface area contributed by atoms with Crippen LogP contribution in [-0.2, 0) is 6.18 Å². The number of nitrogens with zero attached hydrogens (tertiary/aromatic N) is 1. The molecule has 7 heteroatoms. The summed E-state index contributed by atoms with van der Waals surface area (Å²) in [4.78, 5) is 0. The van der Waals surface area contributed by atoms with Gasteiger partial charge in [-0.05, 0) is 24.3 Å². The van der Waals surface area contributed by atoms with Crippen molar-refractivity contribution < 1.29 is 17.6 Å². The van der Waals surface area contributed by atoms with E-state index in [4.69, 9.17) is 11.6 Å². The molecule has 2 aromatic rings. The van der Waals surface area contributed by atoms with E-state index in [0.29, 0.717) is 0 Å². The molecule has 0 unspecified atom stereocenters. The average Bonchev–Trinajstić information content (AvgIpc) is 2.41. The summed E-state index contributed by atoms with van der Waals surface area (Å²) in [5.74, 6) is -0.614. The Morgan fingerprint density at radius 3 is 2.43 bits per heavy atom. The lowest BCUT2D eigenvalue weighted by Gasteiger charge is -2.11. The van der Waals surface area contributed by atoms with Gasteiger partial charge in [-0.2, -0.15) is 18.3 Å². The molecule has 0 saturated carbocycles. The van der Waals surface area contributed by atoms with Gasteiger partial charge in [-0.15, -0.1) is 0 Å². The first-order valence-electron chi connectivity index (χ1n) is 5.79. The van der Waals surface area contributed by atoms with Crippen molar-refractivity contribution in [2.24, 2.45) is 5.10 Å². The summed E-state index contributed by atoms with van der Waals surface area (Å²) in [6.45, 7) is 0. The number of rotatable bonds is 3. The zero-order valence-electron chi connectivity index (χ0n) is 10.5. The molecule has 1 N–H and O–H groups in total. The lowest BCUT2D eigenvalue weighted by Crippen LogP contribution is -2.08. The summed E-state index contributed by atoms with van der Waals surface area (Å²) in [5, 5.41) is 3.72. The minimum atomic E-state index is -4.51. The van der Waals surface area contributed by atoms with Crippen molar-refractivity contribution in [3.63, 3.8) is 0 Å². The molecule has 0 fully saturated rings. The number of nitrogens with one attached hydrogen (secondary N) is 1. The predicted octanol–water partition coefficient (Wildman–Crippen LogP) is 4.94. The normalized spacial score (nSPS) is 11.9. The highest BCUT2D eigenvalue weighted by atomic mass is 35.5. The zero-order valence-corrected chi connectivity index (χ0v) is 11.2. The molecule has 0 heterocycles. The van der Waals surface area contributed by atoms with Crippen molar-refractivity contribution >= 4 is 23.5 Å². The smallest absolute Gasteiger partial charge is 0.278 e. The van der Waals surface area contributed by atoms with Crippen LogP contribution < -0.4 is 5.43 Å².